The third kappa shape index (κ3) is 2.87. The van der Waals surface area contributed by atoms with Crippen LogP contribution < -0.4 is 5.32 Å². The molecular formula is C12H11FIN3O. The molecule has 18 heavy (non-hydrogen) atoms. The monoisotopic (exact) mass is 359 g/mol. The van der Waals surface area contributed by atoms with Crippen molar-refractivity contribution in [1.29, 1.82) is 0 Å². The molecule has 2 rings (SSSR count). The number of hydrogen-bond donors (Lipinski definition) is 2. The minimum atomic E-state index is -0.348. The SMILES string of the molecule is CC(NC(=O)c1ccc(F)cc1I)c1cn[nH]c1. The minimum absolute atomic E-state index is 0.155. The first-order valence-corrected chi connectivity index (χ1v) is 6.40. The lowest BCUT2D eigenvalue weighted by atomic mass is 10.1. The van der Waals surface area contributed by atoms with Gasteiger partial charge >= 0.3 is 0 Å². The van der Waals surface area contributed by atoms with Crippen molar-refractivity contribution in [3.05, 3.63) is 51.1 Å². The Kier molecular flexibility index (Phi) is 3.95. The maximum Gasteiger partial charge on any atom is 0.252 e. The van der Waals surface area contributed by atoms with Gasteiger partial charge in [-0.2, -0.15) is 5.10 Å². The molecule has 0 saturated heterocycles. The summed E-state index contributed by atoms with van der Waals surface area (Å²) in [5, 5.41) is 9.35. The number of carbonyl (C=O) groups excluding carboxylic acids is 1. The van der Waals surface area contributed by atoms with Gasteiger partial charge in [0.15, 0.2) is 0 Å². The number of H-pyrrole nitrogens is 1. The van der Waals surface area contributed by atoms with E-state index in [0.29, 0.717) is 9.13 Å². The van der Waals surface area contributed by atoms with E-state index >= 15 is 0 Å². The predicted octanol–water partition coefficient (Wildman–Crippen LogP) is 2.64. The molecule has 1 amide bonds. The summed E-state index contributed by atoms with van der Waals surface area (Å²) < 4.78 is 13.5. The van der Waals surface area contributed by atoms with Crippen molar-refractivity contribution >= 4 is 28.5 Å². The molecule has 1 aromatic heterocycles. The smallest absolute Gasteiger partial charge is 0.252 e. The van der Waals surface area contributed by atoms with Crippen molar-refractivity contribution in [3.8, 4) is 0 Å². The van der Waals surface area contributed by atoms with Crippen molar-refractivity contribution in [1.82, 2.24) is 15.5 Å². The predicted molar refractivity (Wildman–Crippen MR) is 73.6 cm³/mol. The number of aromatic nitrogens is 2. The van der Waals surface area contributed by atoms with Crippen LogP contribution in [0.3, 0.4) is 0 Å². The molecule has 1 heterocycles. The van der Waals surface area contributed by atoms with Crippen LogP contribution in [-0.4, -0.2) is 16.1 Å². The maximum atomic E-state index is 12.9. The van der Waals surface area contributed by atoms with Gasteiger partial charge in [-0.05, 0) is 47.7 Å². The zero-order valence-electron chi connectivity index (χ0n) is 9.58. The van der Waals surface area contributed by atoms with Crippen molar-refractivity contribution in [2.75, 3.05) is 0 Å². The summed E-state index contributed by atoms with van der Waals surface area (Å²) in [6.45, 7) is 1.86. The summed E-state index contributed by atoms with van der Waals surface area (Å²) in [6, 6.07) is 3.93. The number of amides is 1. The molecule has 2 N–H and O–H groups in total. The first kappa shape index (κ1) is 13.0. The number of carbonyl (C=O) groups is 1. The van der Waals surface area contributed by atoms with Crippen molar-refractivity contribution in [3.63, 3.8) is 0 Å². The van der Waals surface area contributed by atoms with Crippen LogP contribution in [0.2, 0.25) is 0 Å². The van der Waals surface area contributed by atoms with Gasteiger partial charge in [-0.3, -0.25) is 9.89 Å². The molecule has 4 nitrogen and oxygen atoms in total. The highest BCUT2D eigenvalue weighted by molar-refractivity contribution is 14.1. The molecule has 0 fully saturated rings. The van der Waals surface area contributed by atoms with Crippen LogP contribution in [0.25, 0.3) is 0 Å². The van der Waals surface area contributed by atoms with Crippen LogP contribution in [-0.2, 0) is 0 Å². The van der Waals surface area contributed by atoms with E-state index in [2.05, 4.69) is 15.5 Å². The zero-order valence-corrected chi connectivity index (χ0v) is 11.7. The number of rotatable bonds is 3. The van der Waals surface area contributed by atoms with Crippen LogP contribution in [0, 0.1) is 9.39 Å². The van der Waals surface area contributed by atoms with E-state index in [4.69, 9.17) is 0 Å². The fraction of sp³-hybridized carbons (Fsp3) is 0.167. The van der Waals surface area contributed by atoms with Gasteiger partial charge in [0.05, 0.1) is 17.8 Å². The molecule has 1 unspecified atom stereocenters. The lowest BCUT2D eigenvalue weighted by Gasteiger charge is -2.12. The normalized spacial score (nSPS) is 12.2. The number of aromatic amines is 1. The number of hydrogen-bond acceptors (Lipinski definition) is 2. The second-order valence-corrected chi connectivity index (χ2v) is 5.01. The first-order chi connectivity index (χ1) is 8.58. The Bertz CT molecular complexity index is 556. The van der Waals surface area contributed by atoms with Crippen LogP contribution >= 0.6 is 22.6 Å². The third-order valence-electron chi connectivity index (χ3n) is 2.54. The summed E-state index contributed by atoms with van der Waals surface area (Å²) in [5.74, 6) is -0.577. The van der Waals surface area contributed by atoms with E-state index in [1.807, 2.05) is 29.5 Å². The van der Waals surface area contributed by atoms with Gasteiger partial charge in [0.2, 0.25) is 0 Å². The van der Waals surface area contributed by atoms with Gasteiger partial charge in [-0.25, -0.2) is 4.39 Å². The van der Waals surface area contributed by atoms with Gasteiger partial charge in [0, 0.05) is 15.3 Å². The Hall–Kier alpha value is -1.44. The molecule has 0 bridgehead atoms. The Morgan fingerprint density at radius 2 is 2.33 bits per heavy atom. The molecule has 0 spiro atoms. The van der Waals surface area contributed by atoms with Gasteiger partial charge in [0.1, 0.15) is 5.82 Å². The highest BCUT2D eigenvalue weighted by Gasteiger charge is 2.14. The summed E-state index contributed by atoms with van der Waals surface area (Å²) in [4.78, 5) is 12.0. The van der Waals surface area contributed by atoms with E-state index in [-0.39, 0.29) is 17.8 Å². The number of nitrogens with one attached hydrogen (secondary N) is 2. The zero-order chi connectivity index (χ0) is 13.1. The first-order valence-electron chi connectivity index (χ1n) is 5.32. The van der Waals surface area contributed by atoms with E-state index in [1.165, 1.54) is 18.2 Å². The van der Waals surface area contributed by atoms with Crippen molar-refractivity contribution in [2.45, 2.75) is 13.0 Å². The molecule has 0 saturated carbocycles. The highest BCUT2D eigenvalue weighted by Crippen LogP contribution is 2.16. The Labute approximate surface area is 117 Å². The van der Waals surface area contributed by atoms with Gasteiger partial charge < -0.3 is 5.32 Å². The molecule has 0 radical (unpaired) electrons. The fourth-order valence-corrected chi connectivity index (χ4v) is 2.25. The summed E-state index contributed by atoms with van der Waals surface area (Å²) >= 11 is 1.94. The molecular weight excluding hydrogens is 348 g/mol. The van der Waals surface area contributed by atoms with E-state index in [0.717, 1.165) is 5.56 Å². The molecule has 1 atom stereocenters. The van der Waals surface area contributed by atoms with E-state index < -0.39 is 0 Å². The second kappa shape index (κ2) is 5.47. The topological polar surface area (TPSA) is 57.8 Å². The quantitative estimate of drug-likeness (QED) is 0.828. The Morgan fingerprint density at radius 1 is 1.56 bits per heavy atom. The largest absolute Gasteiger partial charge is 0.345 e. The summed E-state index contributed by atoms with van der Waals surface area (Å²) in [6.07, 6.45) is 3.38. The Balaban J connectivity index is 2.12. The number of nitrogens with zero attached hydrogens (tertiary/aromatic N) is 1. The molecule has 6 heteroatoms. The van der Waals surface area contributed by atoms with E-state index in [9.17, 15) is 9.18 Å². The van der Waals surface area contributed by atoms with Gasteiger partial charge in [-0.15, -0.1) is 0 Å². The molecule has 0 aliphatic rings. The van der Waals surface area contributed by atoms with Crippen molar-refractivity contribution in [2.24, 2.45) is 0 Å². The average Bonchev–Trinajstić information content (AvgIpc) is 2.81. The molecule has 1 aromatic carbocycles. The standard InChI is InChI=1S/C12H11FIN3O/c1-7(8-5-15-16-6-8)17-12(18)10-3-2-9(13)4-11(10)14/h2-7H,1H3,(H,15,16)(H,17,18). The lowest BCUT2D eigenvalue weighted by molar-refractivity contribution is 0.0939. The molecule has 94 valence electrons. The third-order valence-corrected chi connectivity index (χ3v) is 3.44. The van der Waals surface area contributed by atoms with Crippen molar-refractivity contribution < 1.29 is 9.18 Å². The fourth-order valence-electron chi connectivity index (χ4n) is 1.53. The lowest BCUT2D eigenvalue weighted by Crippen LogP contribution is -2.27. The second-order valence-electron chi connectivity index (χ2n) is 3.85. The average molecular weight is 359 g/mol. The number of benzene rings is 1. The van der Waals surface area contributed by atoms with Crippen LogP contribution in [0.15, 0.2) is 30.6 Å². The summed E-state index contributed by atoms with van der Waals surface area (Å²) in [5.41, 5.74) is 1.35. The Morgan fingerprint density at radius 3 is 2.94 bits per heavy atom. The van der Waals surface area contributed by atoms with Crippen LogP contribution in [0.1, 0.15) is 28.9 Å². The maximum absolute atomic E-state index is 12.9. The van der Waals surface area contributed by atoms with Crippen LogP contribution in [0.4, 0.5) is 4.39 Å². The van der Waals surface area contributed by atoms with Gasteiger partial charge in [-0.1, -0.05) is 0 Å². The molecule has 2 aromatic rings. The molecule has 0 aliphatic heterocycles. The minimum Gasteiger partial charge on any atom is -0.345 e. The summed E-state index contributed by atoms with van der Waals surface area (Å²) in [7, 11) is 0. The van der Waals surface area contributed by atoms with Gasteiger partial charge in [0.25, 0.3) is 5.91 Å². The highest BCUT2D eigenvalue weighted by atomic mass is 127. The number of halogens is 2. The van der Waals surface area contributed by atoms with E-state index in [1.54, 1.807) is 12.4 Å². The van der Waals surface area contributed by atoms with Crippen LogP contribution in [0.5, 0.6) is 0 Å². The molecule has 0 aliphatic carbocycles.